The summed E-state index contributed by atoms with van der Waals surface area (Å²) in [5, 5.41) is 11.5. The third-order valence-corrected chi connectivity index (χ3v) is 5.53. The molecule has 2 aromatic rings. The number of nitrogens with zero attached hydrogens (tertiary/aromatic N) is 1. The number of benzene rings is 2. The van der Waals surface area contributed by atoms with Crippen molar-refractivity contribution in [2.45, 2.75) is 45.9 Å². The minimum absolute atomic E-state index is 0.0720. The molecule has 186 valence electrons. The molecule has 0 saturated carbocycles. The molecular weight excluding hydrogens is 459 g/mol. The van der Waals surface area contributed by atoms with Gasteiger partial charge in [-0.1, -0.05) is 0 Å². The van der Waals surface area contributed by atoms with Crippen LogP contribution in [-0.4, -0.2) is 38.1 Å². The van der Waals surface area contributed by atoms with Crippen LogP contribution in [0.25, 0.3) is 0 Å². The van der Waals surface area contributed by atoms with E-state index in [1.54, 1.807) is 6.92 Å². The molecule has 1 aliphatic rings. The van der Waals surface area contributed by atoms with Crippen molar-refractivity contribution in [1.82, 2.24) is 0 Å². The van der Waals surface area contributed by atoms with Crippen molar-refractivity contribution >= 4 is 5.69 Å². The Morgan fingerprint density at radius 3 is 2.56 bits per heavy atom. The fraction of sp³-hybridized carbons (Fsp3) is 0.478. The molecule has 8 nitrogen and oxygen atoms in total. The largest absolute Gasteiger partial charge is 0.490 e. The molecule has 0 amide bonds. The summed E-state index contributed by atoms with van der Waals surface area (Å²) < 4.78 is 67.9. The van der Waals surface area contributed by atoms with Gasteiger partial charge in [0.05, 0.1) is 29.8 Å². The van der Waals surface area contributed by atoms with Crippen LogP contribution in [0.4, 0.5) is 18.9 Å². The monoisotopic (exact) mass is 485 g/mol. The summed E-state index contributed by atoms with van der Waals surface area (Å²) in [6.45, 7) is 5.91. The number of alkyl halides is 3. The van der Waals surface area contributed by atoms with Gasteiger partial charge in [0.25, 0.3) is 0 Å². The van der Waals surface area contributed by atoms with Crippen LogP contribution in [0.2, 0.25) is 0 Å². The van der Waals surface area contributed by atoms with Crippen molar-refractivity contribution in [2.75, 3.05) is 27.1 Å². The lowest BCUT2D eigenvalue weighted by Gasteiger charge is -2.29. The smallest absolute Gasteiger partial charge is 0.416 e. The van der Waals surface area contributed by atoms with Crippen molar-refractivity contribution in [3.8, 4) is 23.0 Å². The molecule has 1 aliphatic heterocycles. The van der Waals surface area contributed by atoms with E-state index in [2.05, 4.69) is 0 Å². The average Bonchev–Trinajstić information content (AvgIpc) is 2.78. The number of ether oxygens (including phenoxy) is 5. The van der Waals surface area contributed by atoms with Crippen molar-refractivity contribution in [2.24, 2.45) is 0 Å². The Labute approximate surface area is 194 Å². The first-order valence-corrected chi connectivity index (χ1v) is 10.6. The second-order valence-electron chi connectivity index (χ2n) is 7.89. The van der Waals surface area contributed by atoms with Gasteiger partial charge in [-0.05, 0) is 45.2 Å². The number of hydrogen-bond acceptors (Lipinski definition) is 7. The lowest BCUT2D eigenvalue weighted by molar-refractivity contribution is -0.385. The first-order chi connectivity index (χ1) is 16.0. The first kappa shape index (κ1) is 25.6. The number of nitro groups is 1. The van der Waals surface area contributed by atoms with Crippen LogP contribution >= 0.6 is 0 Å². The zero-order valence-electron chi connectivity index (χ0n) is 19.3. The molecule has 1 atom stereocenters. The molecular formula is C23H26F3NO7. The summed E-state index contributed by atoms with van der Waals surface area (Å²) in [5.41, 5.74) is 0.292. The van der Waals surface area contributed by atoms with Gasteiger partial charge in [0, 0.05) is 30.4 Å². The van der Waals surface area contributed by atoms with E-state index >= 15 is 0 Å². The number of methoxy groups -OCH3 is 1. The summed E-state index contributed by atoms with van der Waals surface area (Å²) in [5.74, 6) is 0.281. The zero-order valence-corrected chi connectivity index (χ0v) is 19.3. The number of fused-ring (bicyclic) bond motifs is 1. The van der Waals surface area contributed by atoms with E-state index in [1.807, 2.05) is 13.8 Å². The standard InChI is InChI=1S/C23H26F3NO7/c1-13-5-7-17-20(33-13)14(2)15(3)21(32-12-31-10-9-30-4)22(17)34-19-11-16(23(24,25)26)6-8-18(19)27(28)29/h6,8,11,13H,5,7,9-10,12H2,1-4H3. The van der Waals surface area contributed by atoms with Gasteiger partial charge < -0.3 is 23.7 Å². The van der Waals surface area contributed by atoms with E-state index in [9.17, 15) is 23.3 Å². The number of halogens is 3. The van der Waals surface area contributed by atoms with Gasteiger partial charge in [-0.2, -0.15) is 13.2 Å². The van der Waals surface area contributed by atoms with E-state index in [0.717, 1.165) is 11.6 Å². The van der Waals surface area contributed by atoms with Crippen molar-refractivity contribution in [1.29, 1.82) is 0 Å². The molecule has 0 saturated heterocycles. The van der Waals surface area contributed by atoms with Crippen LogP contribution in [0.1, 0.15) is 35.6 Å². The van der Waals surface area contributed by atoms with Crippen LogP contribution in [0.3, 0.4) is 0 Å². The molecule has 1 unspecified atom stereocenters. The Balaban J connectivity index is 2.11. The molecule has 34 heavy (non-hydrogen) atoms. The zero-order chi connectivity index (χ0) is 25.0. The number of hydrogen-bond donors (Lipinski definition) is 0. The third-order valence-electron chi connectivity index (χ3n) is 5.53. The van der Waals surface area contributed by atoms with Crippen LogP contribution in [-0.2, 0) is 22.1 Å². The van der Waals surface area contributed by atoms with Gasteiger partial charge in [-0.25, -0.2) is 0 Å². The molecule has 0 N–H and O–H groups in total. The molecule has 1 heterocycles. The Morgan fingerprint density at radius 2 is 1.91 bits per heavy atom. The summed E-state index contributed by atoms with van der Waals surface area (Å²) in [7, 11) is 1.52. The quantitative estimate of drug-likeness (QED) is 0.194. The Morgan fingerprint density at radius 1 is 1.18 bits per heavy atom. The van der Waals surface area contributed by atoms with Crippen LogP contribution < -0.4 is 14.2 Å². The fourth-order valence-electron chi connectivity index (χ4n) is 3.59. The number of nitro benzene ring substituents is 1. The van der Waals surface area contributed by atoms with Crippen molar-refractivity contribution in [3.63, 3.8) is 0 Å². The van der Waals surface area contributed by atoms with Crippen LogP contribution in [0, 0.1) is 24.0 Å². The fourth-order valence-corrected chi connectivity index (χ4v) is 3.59. The summed E-state index contributed by atoms with van der Waals surface area (Å²) in [6.07, 6.45) is -3.67. The van der Waals surface area contributed by atoms with Gasteiger partial charge >= 0.3 is 11.9 Å². The molecule has 3 rings (SSSR count). The van der Waals surface area contributed by atoms with Crippen LogP contribution in [0.5, 0.6) is 23.0 Å². The lowest BCUT2D eigenvalue weighted by atomic mass is 9.95. The second-order valence-corrected chi connectivity index (χ2v) is 7.89. The summed E-state index contributed by atoms with van der Waals surface area (Å²) in [4.78, 5) is 10.7. The number of rotatable bonds is 9. The first-order valence-electron chi connectivity index (χ1n) is 10.6. The molecule has 0 spiro atoms. The minimum Gasteiger partial charge on any atom is -0.490 e. The van der Waals surface area contributed by atoms with Gasteiger partial charge in [-0.3, -0.25) is 10.1 Å². The van der Waals surface area contributed by atoms with E-state index in [4.69, 9.17) is 23.7 Å². The minimum atomic E-state index is -4.71. The Bertz CT molecular complexity index is 1060. The van der Waals surface area contributed by atoms with E-state index < -0.39 is 28.1 Å². The average molecular weight is 485 g/mol. The Kier molecular flexibility index (Phi) is 7.88. The summed E-state index contributed by atoms with van der Waals surface area (Å²) >= 11 is 0. The maximum Gasteiger partial charge on any atom is 0.416 e. The highest BCUT2D eigenvalue weighted by Gasteiger charge is 2.34. The molecule has 0 fully saturated rings. The normalized spacial score (nSPS) is 15.4. The molecule has 0 radical (unpaired) electrons. The topological polar surface area (TPSA) is 89.3 Å². The maximum absolute atomic E-state index is 13.3. The van der Waals surface area contributed by atoms with Gasteiger partial charge in [0.15, 0.2) is 18.3 Å². The molecule has 0 aliphatic carbocycles. The van der Waals surface area contributed by atoms with Crippen molar-refractivity contribution in [3.05, 3.63) is 50.6 Å². The second kappa shape index (κ2) is 10.5. The van der Waals surface area contributed by atoms with E-state index in [-0.39, 0.29) is 31.0 Å². The predicted octanol–water partition coefficient (Wildman–Crippen LogP) is 5.74. The maximum atomic E-state index is 13.3. The molecule has 0 aromatic heterocycles. The van der Waals surface area contributed by atoms with E-state index in [0.29, 0.717) is 48.5 Å². The molecule has 11 heteroatoms. The Hall–Kier alpha value is -3.05. The lowest BCUT2D eigenvalue weighted by Crippen LogP contribution is -2.21. The highest BCUT2D eigenvalue weighted by molar-refractivity contribution is 5.65. The predicted molar refractivity (Wildman–Crippen MR) is 116 cm³/mol. The van der Waals surface area contributed by atoms with E-state index in [1.165, 1.54) is 7.11 Å². The molecule has 2 aromatic carbocycles. The summed E-state index contributed by atoms with van der Waals surface area (Å²) in [6, 6.07) is 2.04. The van der Waals surface area contributed by atoms with Crippen molar-refractivity contribution < 1.29 is 41.8 Å². The van der Waals surface area contributed by atoms with Gasteiger partial charge in [0.1, 0.15) is 5.75 Å². The highest BCUT2D eigenvalue weighted by Crippen LogP contribution is 2.49. The van der Waals surface area contributed by atoms with Gasteiger partial charge in [-0.15, -0.1) is 0 Å². The molecule has 0 bridgehead atoms. The van der Waals surface area contributed by atoms with Crippen LogP contribution in [0.15, 0.2) is 18.2 Å². The highest BCUT2D eigenvalue weighted by atomic mass is 19.4. The van der Waals surface area contributed by atoms with Gasteiger partial charge in [0.2, 0.25) is 5.75 Å². The SMILES string of the molecule is COCCOCOc1c(C)c(C)c2c(c1Oc1cc(C(F)(F)F)ccc1[N+](=O)[O-])CCC(C)O2. The third kappa shape index (κ3) is 5.53.